The number of amides is 1. The number of nitrogens with one attached hydrogen (secondary N) is 1. The number of carbonyl (C=O) groups excluding carboxylic acids is 2. The van der Waals surface area contributed by atoms with E-state index >= 15 is 0 Å². The van der Waals surface area contributed by atoms with Gasteiger partial charge >= 0.3 is 5.97 Å². The zero-order valence-corrected chi connectivity index (χ0v) is 7.19. The Morgan fingerprint density at radius 2 is 2.18 bits per heavy atom. The molecule has 0 bridgehead atoms. The third kappa shape index (κ3) is 7.18. The highest BCUT2D eigenvalue weighted by atomic mass is 32.1. The van der Waals surface area contributed by atoms with Gasteiger partial charge in [0.15, 0.2) is 0 Å². The van der Waals surface area contributed by atoms with Gasteiger partial charge in [-0.05, 0) is 6.42 Å². The lowest BCUT2D eigenvalue weighted by Gasteiger charge is -1.99. The van der Waals surface area contributed by atoms with Crippen molar-refractivity contribution in [1.29, 1.82) is 0 Å². The Labute approximate surface area is 70.8 Å². The Morgan fingerprint density at radius 3 is 2.64 bits per heavy atom. The molecule has 5 heteroatoms. The van der Waals surface area contributed by atoms with Gasteiger partial charge in [-0.15, -0.1) is 0 Å². The zero-order valence-electron chi connectivity index (χ0n) is 6.29. The second-order valence-corrected chi connectivity index (χ2v) is 2.20. The molecule has 4 nitrogen and oxygen atoms in total. The average molecular weight is 177 g/mol. The lowest BCUT2D eigenvalue weighted by Crippen LogP contribution is -2.13. The number of carbonyl (C=O) groups is 2. The lowest BCUT2D eigenvalue weighted by atomic mass is 10.3. The summed E-state index contributed by atoms with van der Waals surface area (Å²) in [4.78, 5) is 20.7. The van der Waals surface area contributed by atoms with Crippen molar-refractivity contribution in [2.24, 2.45) is 0 Å². The van der Waals surface area contributed by atoms with E-state index in [2.05, 4.69) is 22.3 Å². The predicted molar refractivity (Wildman–Crippen MR) is 43.0 cm³/mol. The van der Waals surface area contributed by atoms with Crippen LogP contribution >= 0.6 is 12.8 Å². The van der Waals surface area contributed by atoms with E-state index in [4.69, 9.17) is 0 Å². The molecular formula is C6H11NO3S. The molecule has 0 aromatic heterocycles. The highest BCUT2D eigenvalue weighted by Gasteiger charge is 1.98. The van der Waals surface area contributed by atoms with Crippen LogP contribution in [-0.4, -0.2) is 18.5 Å². The largest absolute Gasteiger partial charge is 0.466 e. The molecule has 1 amide bonds. The van der Waals surface area contributed by atoms with Crippen molar-refractivity contribution >= 4 is 24.7 Å². The molecule has 0 aliphatic heterocycles. The molecule has 0 saturated carbocycles. The normalized spacial score (nSPS) is 8.91. The summed E-state index contributed by atoms with van der Waals surface area (Å²) in [6.45, 7) is 1.62. The number of esters is 1. The van der Waals surface area contributed by atoms with Crippen LogP contribution in [0.1, 0.15) is 19.8 Å². The van der Waals surface area contributed by atoms with Crippen LogP contribution in [0.5, 0.6) is 0 Å². The molecule has 0 aliphatic rings. The maximum absolute atomic E-state index is 10.5. The van der Waals surface area contributed by atoms with Crippen molar-refractivity contribution in [3.63, 3.8) is 0 Å². The number of ether oxygens (including phenoxy) is 1. The summed E-state index contributed by atoms with van der Waals surface area (Å²) in [5, 5.41) is 0. The number of rotatable bonds is 4. The summed E-state index contributed by atoms with van der Waals surface area (Å²) >= 11 is 3.55. The minimum absolute atomic E-state index is 0.166. The van der Waals surface area contributed by atoms with E-state index in [1.54, 1.807) is 0 Å². The van der Waals surface area contributed by atoms with Crippen LogP contribution < -0.4 is 4.72 Å². The molecule has 0 aromatic rings. The summed E-state index contributed by atoms with van der Waals surface area (Å²) in [5.74, 6) is -0.489. The van der Waals surface area contributed by atoms with Crippen molar-refractivity contribution < 1.29 is 14.3 Å². The molecular weight excluding hydrogens is 166 g/mol. The fraction of sp³-hybridized carbons (Fsp3) is 0.667. The number of hydrogen-bond acceptors (Lipinski definition) is 4. The molecule has 0 fully saturated rings. The molecule has 0 unspecified atom stereocenters. The topological polar surface area (TPSA) is 55.4 Å². The monoisotopic (exact) mass is 177 g/mol. The minimum atomic E-state index is -0.323. The van der Waals surface area contributed by atoms with Gasteiger partial charge in [-0.1, -0.05) is 12.8 Å². The summed E-state index contributed by atoms with van der Waals surface area (Å²) in [5.41, 5.74) is 0. The van der Waals surface area contributed by atoms with Gasteiger partial charge in [0.25, 0.3) is 0 Å². The molecule has 0 rings (SSSR count). The van der Waals surface area contributed by atoms with E-state index in [9.17, 15) is 9.59 Å². The Balaban J connectivity index is 3.14. The summed E-state index contributed by atoms with van der Waals surface area (Å²) in [6, 6.07) is 0. The van der Waals surface area contributed by atoms with Crippen LogP contribution in [0.15, 0.2) is 0 Å². The lowest BCUT2D eigenvalue weighted by molar-refractivity contribution is -0.141. The van der Waals surface area contributed by atoms with Crippen molar-refractivity contribution in [2.45, 2.75) is 19.8 Å². The highest BCUT2D eigenvalue weighted by molar-refractivity contribution is 7.78. The Hall–Kier alpha value is -0.710. The van der Waals surface area contributed by atoms with Crippen molar-refractivity contribution in [3.05, 3.63) is 0 Å². The van der Waals surface area contributed by atoms with E-state index in [-0.39, 0.29) is 18.5 Å². The van der Waals surface area contributed by atoms with Gasteiger partial charge in [0.05, 0.1) is 6.61 Å². The van der Waals surface area contributed by atoms with E-state index in [0.717, 1.165) is 0 Å². The first-order valence-electron chi connectivity index (χ1n) is 3.23. The SMILES string of the molecule is CC(=O)OCCCC(=O)NS. The third-order valence-electron chi connectivity index (χ3n) is 0.978. The summed E-state index contributed by atoms with van der Waals surface area (Å²) in [6.07, 6.45) is 0.864. The number of thiol groups is 1. The van der Waals surface area contributed by atoms with Gasteiger partial charge in [0, 0.05) is 13.3 Å². The first kappa shape index (κ1) is 10.3. The quantitative estimate of drug-likeness (QED) is 0.368. The van der Waals surface area contributed by atoms with Crippen molar-refractivity contribution in [1.82, 2.24) is 4.72 Å². The van der Waals surface area contributed by atoms with Gasteiger partial charge < -0.3 is 9.46 Å². The maximum Gasteiger partial charge on any atom is 0.302 e. The van der Waals surface area contributed by atoms with Gasteiger partial charge in [-0.25, -0.2) is 0 Å². The second-order valence-electron chi connectivity index (χ2n) is 1.98. The molecule has 0 radical (unpaired) electrons. The molecule has 0 saturated heterocycles. The first-order chi connectivity index (χ1) is 5.16. The molecule has 1 N–H and O–H groups in total. The van der Waals surface area contributed by atoms with E-state index in [1.165, 1.54) is 6.92 Å². The summed E-state index contributed by atoms with van der Waals surface area (Å²) < 4.78 is 6.76. The molecule has 0 aromatic carbocycles. The van der Waals surface area contributed by atoms with E-state index in [1.807, 2.05) is 0 Å². The Morgan fingerprint density at radius 1 is 1.55 bits per heavy atom. The Kier molecular flexibility index (Phi) is 5.64. The summed E-state index contributed by atoms with van der Waals surface area (Å²) in [7, 11) is 0. The van der Waals surface area contributed by atoms with Gasteiger partial charge in [0.1, 0.15) is 0 Å². The van der Waals surface area contributed by atoms with Crippen LogP contribution in [0.3, 0.4) is 0 Å². The Bertz CT molecular complexity index is 149. The number of hydrogen-bond donors (Lipinski definition) is 2. The maximum atomic E-state index is 10.5. The smallest absolute Gasteiger partial charge is 0.302 e. The van der Waals surface area contributed by atoms with Crippen LogP contribution in [0.2, 0.25) is 0 Å². The third-order valence-corrected chi connectivity index (χ3v) is 1.23. The molecule has 64 valence electrons. The van der Waals surface area contributed by atoms with Crippen LogP contribution in [0.25, 0.3) is 0 Å². The zero-order chi connectivity index (χ0) is 8.69. The van der Waals surface area contributed by atoms with Crippen LogP contribution in [0, 0.1) is 0 Å². The first-order valence-corrected chi connectivity index (χ1v) is 3.68. The van der Waals surface area contributed by atoms with Crippen LogP contribution in [-0.2, 0) is 14.3 Å². The van der Waals surface area contributed by atoms with E-state index < -0.39 is 0 Å². The average Bonchev–Trinajstić information content (AvgIpc) is 1.97. The molecule has 0 aliphatic carbocycles. The van der Waals surface area contributed by atoms with Crippen molar-refractivity contribution in [2.75, 3.05) is 6.61 Å². The second kappa shape index (κ2) is 6.03. The van der Waals surface area contributed by atoms with Crippen LogP contribution in [0.4, 0.5) is 0 Å². The molecule has 0 heterocycles. The molecule has 11 heavy (non-hydrogen) atoms. The fourth-order valence-electron chi connectivity index (χ4n) is 0.505. The highest BCUT2D eigenvalue weighted by Crippen LogP contribution is 1.90. The van der Waals surface area contributed by atoms with E-state index in [0.29, 0.717) is 12.8 Å². The van der Waals surface area contributed by atoms with Gasteiger partial charge in [-0.3, -0.25) is 9.59 Å². The molecule has 0 spiro atoms. The van der Waals surface area contributed by atoms with Gasteiger partial charge in [-0.2, -0.15) is 0 Å². The van der Waals surface area contributed by atoms with Crippen molar-refractivity contribution in [3.8, 4) is 0 Å². The fourth-order valence-corrected chi connectivity index (χ4v) is 0.616. The predicted octanol–water partition coefficient (Wildman–Crippen LogP) is 0.291. The minimum Gasteiger partial charge on any atom is -0.466 e. The molecule has 0 atom stereocenters. The van der Waals surface area contributed by atoms with Gasteiger partial charge in [0.2, 0.25) is 5.91 Å². The standard InChI is InChI=1S/C6H11NO3S/c1-5(8)10-4-2-3-6(9)7-11/h11H,2-4H2,1H3,(H,7,9).